The normalized spacial score (nSPS) is 14.7. The van der Waals surface area contributed by atoms with E-state index in [2.05, 4.69) is 25.2 Å². The molecule has 0 unspecified atom stereocenters. The Morgan fingerprint density at radius 2 is 2.04 bits per heavy atom. The Kier molecular flexibility index (Phi) is 4.38. The SMILES string of the molecule is Cc1c[nH]c2ncnc(N3CCN(C(=O)Nc4cccc(Cl)c4)CC3)c12. The Labute approximate surface area is 156 Å². The van der Waals surface area contributed by atoms with Crippen LogP contribution in [-0.2, 0) is 0 Å². The van der Waals surface area contributed by atoms with E-state index in [0.29, 0.717) is 23.8 Å². The molecular weight excluding hydrogens is 352 g/mol. The van der Waals surface area contributed by atoms with Crippen LogP contribution in [0.4, 0.5) is 16.3 Å². The lowest BCUT2D eigenvalue weighted by molar-refractivity contribution is 0.208. The number of carbonyl (C=O) groups excluding carboxylic acids is 1. The van der Waals surface area contributed by atoms with Crippen molar-refractivity contribution in [1.29, 1.82) is 0 Å². The molecule has 1 saturated heterocycles. The lowest BCUT2D eigenvalue weighted by Crippen LogP contribution is -2.50. The predicted molar refractivity (Wildman–Crippen MR) is 103 cm³/mol. The minimum atomic E-state index is -0.113. The van der Waals surface area contributed by atoms with Crippen molar-refractivity contribution >= 4 is 40.2 Å². The molecule has 26 heavy (non-hydrogen) atoms. The summed E-state index contributed by atoms with van der Waals surface area (Å²) in [5, 5.41) is 4.54. The summed E-state index contributed by atoms with van der Waals surface area (Å²) < 4.78 is 0. The smallest absolute Gasteiger partial charge is 0.321 e. The summed E-state index contributed by atoms with van der Waals surface area (Å²) >= 11 is 5.97. The van der Waals surface area contributed by atoms with Gasteiger partial charge in [0.1, 0.15) is 17.8 Å². The number of aryl methyl sites for hydroxylation is 1. The molecule has 2 aromatic heterocycles. The number of amides is 2. The fourth-order valence-electron chi connectivity index (χ4n) is 3.23. The summed E-state index contributed by atoms with van der Waals surface area (Å²) in [4.78, 5) is 28.4. The van der Waals surface area contributed by atoms with E-state index in [4.69, 9.17) is 11.6 Å². The molecule has 1 aliphatic rings. The quantitative estimate of drug-likeness (QED) is 0.725. The molecule has 1 aromatic carbocycles. The molecule has 3 heterocycles. The molecular formula is C18H19ClN6O. The van der Waals surface area contributed by atoms with Crippen molar-refractivity contribution in [3.63, 3.8) is 0 Å². The third kappa shape index (κ3) is 3.17. The number of anilines is 2. The predicted octanol–water partition coefficient (Wildman–Crippen LogP) is 3.27. The van der Waals surface area contributed by atoms with Gasteiger partial charge in [0, 0.05) is 43.1 Å². The van der Waals surface area contributed by atoms with Gasteiger partial charge in [-0.3, -0.25) is 0 Å². The second-order valence-corrected chi connectivity index (χ2v) is 6.74. The lowest BCUT2D eigenvalue weighted by atomic mass is 10.2. The van der Waals surface area contributed by atoms with E-state index in [1.165, 1.54) is 0 Å². The number of aromatic amines is 1. The van der Waals surface area contributed by atoms with Crippen molar-refractivity contribution in [3.05, 3.63) is 47.4 Å². The summed E-state index contributed by atoms with van der Waals surface area (Å²) in [6.45, 7) is 4.74. The number of benzene rings is 1. The standard InChI is InChI=1S/C18H19ClN6O/c1-12-10-20-16-15(12)17(22-11-21-16)24-5-7-25(8-6-24)18(26)23-14-4-2-3-13(19)9-14/h2-4,9-11H,5-8H2,1H3,(H,23,26)(H,20,21,22). The van der Waals surface area contributed by atoms with Gasteiger partial charge in [0.25, 0.3) is 0 Å². The summed E-state index contributed by atoms with van der Waals surface area (Å²) in [5.41, 5.74) is 2.66. The number of nitrogens with zero attached hydrogens (tertiary/aromatic N) is 4. The molecule has 2 N–H and O–H groups in total. The highest BCUT2D eigenvalue weighted by Crippen LogP contribution is 2.26. The Balaban J connectivity index is 1.44. The van der Waals surface area contributed by atoms with Crippen molar-refractivity contribution in [1.82, 2.24) is 19.9 Å². The Hall–Kier alpha value is -2.80. The zero-order valence-electron chi connectivity index (χ0n) is 14.4. The number of rotatable bonds is 2. The number of urea groups is 1. The topological polar surface area (TPSA) is 77.2 Å². The molecule has 0 saturated carbocycles. The van der Waals surface area contributed by atoms with Gasteiger partial charge in [-0.2, -0.15) is 0 Å². The molecule has 0 spiro atoms. The van der Waals surface area contributed by atoms with Gasteiger partial charge >= 0.3 is 6.03 Å². The minimum Gasteiger partial charge on any atom is -0.352 e. The highest BCUT2D eigenvalue weighted by molar-refractivity contribution is 6.30. The molecule has 0 atom stereocenters. The summed E-state index contributed by atoms with van der Waals surface area (Å²) in [6.07, 6.45) is 3.52. The number of H-pyrrole nitrogens is 1. The van der Waals surface area contributed by atoms with E-state index in [-0.39, 0.29) is 6.03 Å². The molecule has 134 valence electrons. The molecule has 1 aliphatic heterocycles. The fraction of sp³-hybridized carbons (Fsp3) is 0.278. The van der Waals surface area contributed by atoms with Gasteiger partial charge in [-0.15, -0.1) is 0 Å². The van der Waals surface area contributed by atoms with Gasteiger partial charge in [0.2, 0.25) is 0 Å². The molecule has 3 aromatic rings. The first-order valence-electron chi connectivity index (χ1n) is 8.47. The number of aromatic nitrogens is 3. The van der Waals surface area contributed by atoms with Gasteiger partial charge in [-0.25, -0.2) is 14.8 Å². The van der Waals surface area contributed by atoms with E-state index in [1.807, 2.05) is 25.3 Å². The Morgan fingerprint density at radius 1 is 1.23 bits per heavy atom. The molecule has 4 rings (SSSR count). The van der Waals surface area contributed by atoms with Crippen LogP contribution in [0.3, 0.4) is 0 Å². The molecule has 0 radical (unpaired) electrons. The largest absolute Gasteiger partial charge is 0.352 e. The number of hydrogen-bond acceptors (Lipinski definition) is 4. The van der Waals surface area contributed by atoms with Gasteiger partial charge in [0.05, 0.1) is 5.39 Å². The van der Waals surface area contributed by atoms with E-state index in [1.54, 1.807) is 23.4 Å². The molecule has 0 bridgehead atoms. The maximum absolute atomic E-state index is 12.5. The number of fused-ring (bicyclic) bond motifs is 1. The zero-order valence-corrected chi connectivity index (χ0v) is 15.1. The van der Waals surface area contributed by atoms with Crippen LogP contribution in [-0.4, -0.2) is 52.1 Å². The van der Waals surface area contributed by atoms with Crippen LogP contribution in [0.2, 0.25) is 5.02 Å². The second-order valence-electron chi connectivity index (χ2n) is 6.31. The van der Waals surface area contributed by atoms with Crippen LogP contribution in [0, 0.1) is 6.92 Å². The first-order chi connectivity index (χ1) is 12.6. The number of halogens is 1. The fourth-order valence-corrected chi connectivity index (χ4v) is 3.42. The maximum atomic E-state index is 12.5. The van der Waals surface area contributed by atoms with Crippen LogP contribution < -0.4 is 10.2 Å². The van der Waals surface area contributed by atoms with Crippen LogP contribution in [0.5, 0.6) is 0 Å². The number of carbonyl (C=O) groups is 1. The van der Waals surface area contributed by atoms with Crippen LogP contribution in [0.25, 0.3) is 11.0 Å². The number of piperazine rings is 1. The van der Waals surface area contributed by atoms with E-state index >= 15 is 0 Å². The molecule has 0 aliphatic carbocycles. The summed E-state index contributed by atoms with van der Waals surface area (Å²) in [5.74, 6) is 0.920. The van der Waals surface area contributed by atoms with Gasteiger partial charge < -0.3 is 20.1 Å². The van der Waals surface area contributed by atoms with Crippen molar-refractivity contribution < 1.29 is 4.79 Å². The molecule has 8 heteroatoms. The number of hydrogen-bond donors (Lipinski definition) is 2. The first-order valence-corrected chi connectivity index (χ1v) is 8.85. The third-order valence-corrected chi connectivity index (χ3v) is 4.82. The van der Waals surface area contributed by atoms with Crippen LogP contribution in [0.1, 0.15) is 5.56 Å². The van der Waals surface area contributed by atoms with Gasteiger partial charge in [-0.05, 0) is 30.7 Å². The van der Waals surface area contributed by atoms with Crippen LogP contribution in [0.15, 0.2) is 36.8 Å². The zero-order chi connectivity index (χ0) is 18.1. The van der Waals surface area contributed by atoms with E-state index in [0.717, 1.165) is 35.5 Å². The van der Waals surface area contributed by atoms with Gasteiger partial charge in [0.15, 0.2) is 0 Å². The molecule has 1 fully saturated rings. The van der Waals surface area contributed by atoms with E-state index < -0.39 is 0 Å². The second kappa shape index (κ2) is 6.84. The summed E-state index contributed by atoms with van der Waals surface area (Å²) in [7, 11) is 0. The molecule has 7 nitrogen and oxygen atoms in total. The monoisotopic (exact) mass is 370 g/mol. The first kappa shape index (κ1) is 16.7. The Bertz CT molecular complexity index is 948. The van der Waals surface area contributed by atoms with E-state index in [9.17, 15) is 4.79 Å². The Morgan fingerprint density at radius 3 is 2.81 bits per heavy atom. The van der Waals surface area contributed by atoms with Crippen molar-refractivity contribution in [3.8, 4) is 0 Å². The third-order valence-electron chi connectivity index (χ3n) is 4.59. The van der Waals surface area contributed by atoms with Crippen molar-refractivity contribution in [2.75, 3.05) is 36.4 Å². The van der Waals surface area contributed by atoms with Gasteiger partial charge in [-0.1, -0.05) is 17.7 Å². The average Bonchev–Trinajstić information content (AvgIpc) is 3.03. The van der Waals surface area contributed by atoms with Crippen molar-refractivity contribution in [2.24, 2.45) is 0 Å². The van der Waals surface area contributed by atoms with Crippen molar-refractivity contribution in [2.45, 2.75) is 6.92 Å². The maximum Gasteiger partial charge on any atom is 0.321 e. The highest BCUT2D eigenvalue weighted by Gasteiger charge is 2.24. The lowest BCUT2D eigenvalue weighted by Gasteiger charge is -2.35. The minimum absolute atomic E-state index is 0.113. The summed E-state index contributed by atoms with van der Waals surface area (Å²) in [6, 6.07) is 7.04. The highest BCUT2D eigenvalue weighted by atomic mass is 35.5. The number of nitrogens with one attached hydrogen (secondary N) is 2. The average molecular weight is 371 g/mol. The molecule has 2 amide bonds. The van der Waals surface area contributed by atoms with Crippen LogP contribution >= 0.6 is 11.6 Å².